The van der Waals surface area contributed by atoms with Crippen LogP contribution in [0.1, 0.15) is 0 Å². The lowest BCUT2D eigenvalue weighted by molar-refractivity contribution is -0.0527. The fraction of sp³-hybridized carbons (Fsp3) is 0.143. The van der Waals surface area contributed by atoms with Gasteiger partial charge in [0.1, 0.15) is 5.82 Å². The lowest BCUT2D eigenvalue weighted by Gasteiger charge is -2.04. The Balaban J connectivity index is 2.73. The Morgan fingerprint density at radius 3 is 2.86 bits per heavy atom. The highest BCUT2D eigenvalue weighted by Gasteiger charge is 2.06. The molecule has 1 amide bonds. The van der Waals surface area contributed by atoms with Gasteiger partial charge in [-0.1, -0.05) is 6.07 Å². The smallest absolute Gasteiger partial charge is 0.410 e. The highest BCUT2D eigenvalue weighted by Crippen LogP contribution is 2.13. The van der Waals surface area contributed by atoms with Crippen LogP contribution in [0.15, 0.2) is 18.2 Å². The first-order valence-electron chi connectivity index (χ1n) is 3.50. The largest absolute Gasteiger partial charge is 0.465 e. The number of hydrogen-bond donors (Lipinski definition) is 2. The molecule has 5 nitrogen and oxygen atoms in total. The molecule has 0 aliphatic rings. The van der Waals surface area contributed by atoms with Gasteiger partial charge in [-0.05, 0) is 6.07 Å². The number of amides is 1. The van der Waals surface area contributed by atoms with Crippen LogP contribution >= 0.6 is 0 Å². The van der Waals surface area contributed by atoms with Gasteiger partial charge < -0.3 is 9.84 Å². The lowest BCUT2D eigenvalue weighted by Crippen LogP contribution is -2.10. The third-order valence-electron chi connectivity index (χ3n) is 1.17. The average Bonchev–Trinajstić information content (AvgIpc) is 2.01. The van der Waals surface area contributed by atoms with Crippen molar-refractivity contribution in [3.8, 4) is 5.88 Å². The van der Waals surface area contributed by atoms with Crippen LogP contribution in [0.5, 0.6) is 5.88 Å². The molecule has 0 spiro atoms. The predicted octanol–water partition coefficient (Wildman–Crippen LogP) is 1.77. The first-order chi connectivity index (χ1) is 6.58. The number of nitrogens with zero attached hydrogens (tertiary/aromatic N) is 1. The first kappa shape index (κ1) is 10.2. The van der Waals surface area contributed by atoms with Gasteiger partial charge >= 0.3 is 12.7 Å². The summed E-state index contributed by atoms with van der Waals surface area (Å²) in [5.74, 6) is -0.415. The Morgan fingerprint density at radius 1 is 1.57 bits per heavy atom. The van der Waals surface area contributed by atoms with Crippen molar-refractivity contribution >= 4 is 11.9 Å². The third-order valence-corrected chi connectivity index (χ3v) is 1.17. The van der Waals surface area contributed by atoms with Crippen LogP contribution < -0.4 is 10.1 Å². The molecule has 76 valence electrons. The number of hydrogen-bond acceptors (Lipinski definition) is 3. The molecule has 0 radical (unpaired) electrons. The molecular weight excluding hydrogens is 198 g/mol. The molecular formula is C7H6F2N2O3. The Bertz CT molecular complexity index is 332. The van der Waals surface area contributed by atoms with Gasteiger partial charge in [-0.3, -0.25) is 5.32 Å². The zero-order valence-corrected chi connectivity index (χ0v) is 6.78. The molecule has 0 fully saturated rings. The molecule has 1 aromatic heterocycles. The number of ether oxygens (including phenoxy) is 1. The minimum absolute atomic E-state index is 0.0735. The molecule has 0 aliphatic carbocycles. The maximum absolute atomic E-state index is 11.7. The molecule has 0 bridgehead atoms. The van der Waals surface area contributed by atoms with E-state index in [0.717, 1.165) is 0 Å². The van der Waals surface area contributed by atoms with E-state index in [-0.39, 0.29) is 11.7 Å². The van der Waals surface area contributed by atoms with Crippen molar-refractivity contribution in [3.63, 3.8) is 0 Å². The van der Waals surface area contributed by atoms with Gasteiger partial charge in [0, 0.05) is 6.07 Å². The first-order valence-corrected chi connectivity index (χ1v) is 3.50. The summed E-state index contributed by atoms with van der Waals surface area (Å²) in [5, 5.41) is 10.2. The second-order valence-corrected chi connectivity index (χ2v) is 2.17. The summed E-state index contributed by atoms with van der Waals surface area (Å²) in [6, 6.07) is 3.85. The summed E-state index contributed by atoms with van der Waals surface area (Å²) < 4.78 is 27.4. The molecule has 1 rings (SSSR count). The molecule has 0 unspecified atom stereocenters. The van der Waals surface area contributed by atoms with Gasteiger partial charge in [0.15, 0.2) is 0 Å². The van der Waals surface area contributed by atoms with Crippen molar-refractivity contribution in [2.75, 3.05) is 5.32 Å². The van der Waals surface area contributed by atoms with Crippen molar-refractivity contribution < 1.29 is 23.4 Å². The molecule has 0 aliphatic heterocycles. The van der Waals surface area contributed by atoms with E-state index >= 15 is 0 Å². The highest BCUT2D eigenvalue weighted by atomic mass is 19.3. The lowest BCUT2D eigenvalue weighted by atomic mass is 10.4. The fourth-order valence-electron chi connectivity index (χ4n) is 0.751. The van der Waals surface area contributed by atoms with Crippen LogP contribution in [0.3, 0.4) is 0 Å². The van der Waals surface area contributed by atoms with E-state index in [4.69, 9.17) is 5.11 Å². The number of nitrogens with one attached hydrogen (secondary N) is 1. The average molecular weight is 204 g/mol. The summed E-state index contributed by atoms with van der Waals surface area (Å²) in [6.45, 7) is -2.98. The van der Waals surface area contributed by atoms with Crippen molar-refractivity contribution in [2.24, 2.45) is 0 Å². The molecule has 1 aromatic rings. The van der Waals surface area contributed by atoms with Crippen LogP contribution in [-0.2, 0) is 0 Å². The van der Waals surface area contributed by atoms with Gasteiger partial charge in [0.25, 0.3) is 0 Å². The van der Waals surface area contributed by atoms with Crippen LogP contribution in [0.25, 0.3) is 0 Å². The number of anilines is 1. The third kappa shape index (κ3) is 3.21. The number of alkyl halides is 2. The summed E-state index contributed by atoms with van der Waals surface area (Å²) in [5.41, 5.74) is 0. The van der Waals surface area contributed by atoms with Crippen LogP contribution in [0, 0.1) is 0 Å². The SMILES string of the molecule is O=C(O)Nc1cccc(OC(F)F)n1. The van der Waals surface area contributed by atoms with Crippen LogP contribution in [-0.4, -0.2) is 22.8 Å². The Labute approximate surface area is 77.3 Å². The van der Waals surface area contributed by atoms with Gasteiger partial charge in [0.05, 0.1) is 0 Å². The molecule has 7 heteroatoms. The second-order valence-electron chi connectivity index (χ2n) is 2.17. The van der Waals surface area contributed by atoms with Crippen LogP contribution in [0.2, 0.25) is 0 Å². The minimum Gasteiger partial charge on any atom is -0.465 e. The van der Waals surface area contributed by atoms with Gasteiger partial charge in [-0.15, -0.1) is 0 Å². The van der Waals surface area contributed by atoms with Crippen LogP contribution in [0.4, 0.5) is 19.4 Å². The standard InChI is InChI=1S/C7H6F2N2O3/c8-6(9)14-5-3-1-2-4(10-5)11-7(12)13/h1-3,6H,(H,10,11)(H,12,13). The van der Waals surface area contributed by atoms with E-state index in [2.05, 4.69) is 9.72 Å². The summed E-state index contributed by atoms with van der Waals surface area (Å²) >= 11 is 0. The van der Waals surface area contributed by atoms with Crippen molar-refractivity contribution in [1.82, 2.24) is 4.98 Å². The number of halogens is 2. The van der Waals surface area contributed by atoms with E-state index in [9.17, 15) is 13.6 Å². The van der Waals surface area contributed by atoms with Crippen molar-refractivity contribution in [1.29, 1.82) is 0 Å². The molecule has 0 saturated carbocycles. The number of aromatic nitrogens is 1. The van der Waals surface area contributed by atoms with Crippen molar-refractivity contribution in [3.05, 3.63) is 18.2 Å². The van der Waals surface area contributed by atoms with E-state index in [1.165, 1.54) is 18.2 Å². The molecule has 2 N–H and O–H groups in total. The molecule has 0 saturated heterocycles. The maximum atomic E-state index is 11.7. The second kappa shape index (κ2) is 4.35. The summed E-state index contributed by atoms with van der Waals surface area (Å²) in [4.78, 5) is 13.6. The van der Waals surface area contributed by atoms with E-state index < -0.39 is 12.7 Å². The monoisotopic (exact) mass is 204 g/mol. The normalized spacial score (nSPS) is 9.93. The van der Waals surface area contributed by atoms with E-state index in [1.807, 2.05) is 5.32 Å². The van der Waals surface area contributed by atoms with Crippen molar-refractivity contribution in [2.45, 2.75) is 6.61 Å². The molecule has 1 heterocycles. The summed E-state index contributed by atoms with van der Waals surface area (Å²) in [7, 11) is 0. The topological polar surface area (TPSA) is 71.5 Å². The van der Waals surface area contributed by atoms with Gasteiger partial charge in [0.2, 0.25) is 5.88 Å². The molecule has 14 heavy (non-hydrogen) atoms. The van der Waals surface area contributed by atoms with E-state index in [1.54, 1.807) is 0 Å². The fourth-order valence-corrected chi connectivity index (χ4v) is 0.751. The molecule has 0 aromatic carbocycles. The maximum Gasteiger partial charge on any atom is 0.410 e. The Hall–Kier alpha value is -1.92. The molecule has 0 atom stereocenters. The number of carbonyl (C=O) groups is 1. The zero-order chi connectivity index (χ0) is 10.6. The Morgan fingerprint density at radius 2 is 2.29 bits per heavy atom. The predicted molar refractivity (Wildman–Crippen MR) is 42.5 cm³/mol. The quantitative estimate of drug-likeness (QED) is 0.787. The van der Waals surface area contributed by atoms with E-state index in [0.29, 0.717) is 0 Å². The summed E-state index contributed by atoms with van der Waals surface area (Å²) in [6.07, 6.45) is -1.33. The number of carboxylic acid groups (broad SMARTS) is 1. The Kier molecular flexibility index (Phi) is 3.16. The van der Waals surface area contributed by atoms with Gasteiger partial charge in [-0.25, -0.2) is 4.79 Å². The highest BCUT2D eigenvalue weighted by molar-refractivity contribution is 5.81. The number of pyridine rings is 1. The number of rotatable bonds is 3. The minimum atomic E-state index is -2.98. The van der Waals surface area contributed by atoms with Gasteiger partial charge in [-0.2, -0.15) is 13.8 Å². The zero-order valence-electron chi connectivity index (χ0n) is 6.78.